The second-order valence-electron chi connectivity index (χ2n) is 7.27. The lowest BCUT2D eigenvalue weighted by Gasteiger charge is -2.18. The molecule has 1 fully saturated rings. The molecule has 0 saturated carbocycles. The Hall–Kier alpha value is -2.38. The molecule has 3 rings (SSSR count). The SMILES string of the molecule is CC[C@@H](NC(=O)c1ccc(CS(=O)(=O)N2CCCC2)cc1)c1ccc(OC)cc1. The molecule has 0 aromatic heterocycles. The summed E-state index contributed by atoms with van der Waals surface area (Å²) in [5.74, 6) is 0.564. The average Bonchev–Trinajstić information content (AvgIpc) is 3.28. The first-order chi connectivity index (χ1) is 13.9. The van der Waals surface area contributed by atoms with Crippen molar-refractivity contribution in [1.82, 2.24) is 9.62 Å². The molecule has 6 nitrogen and oxygen atoms in total. The number of hydrogen-bond acceptors (Lipinski definition) is 4. The van der Waals surface area contributed by atoms with Crippen LogP contribution in [0.4, 0.5) is 0 Å². The highest BCUT2D eigenvalue weighted by molar-refractivity contribution is 7.88. The van der Waals surface area contributed by atoms with Gasteiger partial charge in [0.25, 0.3) is 5.91 Å². The van der Waals surface area contributed by atoms with Crippen LogP contribution in [-0.2, 0) is 15.8 Å². The summed E-state index contributed by atoms with van der Waals surface area (Å²) in [6.07, 6.45) is 2.60. The molecular weight excluding hydrogens is 388 g/mol. The summed E-state index contributed by atoms with van der Waals surface area (Å²) in [4.78, 5) is 12.7. The molecular formula is C22H28N2O4S. The van der Waals surface area contributed by atoms with Crippen molar-refractivity contribution in [2.24, 2.45) is 0 Å². The van der Waals surface area contributed by atoms with E-state index in [2.05, 4.69) is 5.32 Å². The highest BCUT2D eigenvalue weighted by Gasteiger charge is 2.25. The van der Waals surface area contributed by atoms with E-state index >= 15 is 0 Å². The summed E-state index contributed by atoms with van der Waals surface area (Å²) in [5.41, 5.74) is 2.21. The first-order valence-electron chi connectivity index (χ1n) is 9.94. The van der Waals surface area contributed by atoms with Crippen LogP contribution in [0.3, 0.4) is 0 Å². The number of benzene rings is 2. The number of rotatable bonds is 8. The standard InChI is InChI=1S/C22H28N2O4S/c1-3-21(18-10-12-20(28-2)13-11-18)23-22(25)19-8-6-17(7-9-19)16-29(26,27)24-14-4-5-15-24/h6-13,21H,3-5,14-16H2,1-2H3,(H,23,25)/t21-/m1/s1. The molecule has 1 N–H and O–H groups in total. The van der Waals surface area contributed by atoms with Crippen molar-refractivity contribution in [2.75, 3.05) is 20.2 Å². The van der Waals surface area contributed by atoms with Crippen molar-refractivity contribution in [3.8, 4) is 5.75 Å². The summed E-state index contributed by atoms with van der Waals surface area (Å²) in [6, 6.07) is 14.3. The second kappa shape index (κ2) is 9.41. The van der Waals surface area contributed by atoms with E-state index in [1.54, 1.807) is 35.7 Å². The van der Waals surface area contributed by atoms with E-state index < -0.39 is 10.0 Å². The zero-order valence-electron chi connectivity index (χ0n) is 16.9. The number of sulfonamides is 1. The quantitative estimate of drug-likeness (QED) is 0.715. The molecule has 0 aliphatic carbocycles. The first kappa shape index (κ1) is 21.3. The van der Waals surface area contributed by atoms with Gasteiger partial charge in [0, 0.05) is 18.7 Å². The van der Waals surface area contributed by atoms with Gasteiger partial charge in [-0.3, -0.25) is 4.79 Å². The molecule has 0 unspecified atom stereocenters. The molecule has 1 aliphatic heterocycles. The molecule has 7 heteroatoms. The van der Waals surface area contributed by atoms with Gasteiger partial charge >= 0.3 is 0 Å². The fourth-order valence-corrected chi connectivity index (χ4v) is 5.13. The average molecular weight is 417 g/mol. The number of carbonyl (C=O) groups is 1. The minimum atomic E-state index is -3.29. The maximum absolute atomic E-state index is 12.7. The molecule has 1 heterocycles. The lowest BCUT2D eigenvalue weighted by molar-refractivity contribution is 0.0935. The summed E-state index contributed by atoms with van der Waals surface area (Å²) in [7, 11) is -1.67. The largest absolute Gasteiger partial charge is 0.497 e. The molecule has 156 valence electrons. The van der Waals surface area contributed by atoms with Gasteiger partial charge in [0.05, 0.1) is 18.9 Å². The molecule has 29 heavy (non-hydrogen) atoms. The Labute approximate surface area is 172 Å². The van der Waals surface area contributed by atoms with Crippen molar-refractivity contribution in [3.05, 3.63) is 65.2 Å². The Bertz CT molecular complexity index is 918. The summed E-state index contributed by atoms with van der Waals surface area (Å²) in [6.45, 7) is 3.22. The van der Waals surface area contributed by atoms with E-state index in [9.17, 15) is 13.2 Å². The molecule has 0 radical (unpaired) electrons. The first-order valence-corrected chi connectivity index (χ1v) is 11.6. The van der Waals surface area contributed by atoms with Crippen LogP contribution in [0.25, 0.3) is 0 Å². The van der Waals surface area contributed by atoms with Gasteiger partial charge in [-0.1, -0.05) is 31.2 Å². The van der Waals surface area contributed by atoms with Crippen molar-refractivity contribution in [2.45, 2.75) is 38.0 Å². The summed E-state index contributed by atoms with van der Waals surface area (Å²) < 4.78 is 31.6. The topological polar surface area (TPSA) is 75.7 Å². The van der Waals surface area contributed by atoms with Crippen LogP contribution in [0.2, 0.25) is 0 Å². The van der Waals surface area contributed by atoms with Crippen molar-refractivity contribution in [1.29, 1.82) is 0 Å². The zero-order valence-corrected chi connectivity index (χ0v) is 17.7. The Kier molecular flexibility index (Phi) is 6.92. The molecule has 1 atom stereocenters. The number of ether oxygens (including phenoxy) is 1. The maximum Gasteiger partial charge on any atom is 0.251 e. The number of nitrogens with zero attached hydrogens (tertiary/aromatic N) is 1. The fraction of sp³-hybridized carbons (Fsp3) is 0.409. The van der Waals surface area contributed by atoms with Gasteiger partial charge in [0.1, 0.15) is 5.75 Å². The Morgan fingerprint density at radius 1 is 1.07 bits per heavy atom. The smallest absolute Gasteiger partial charge is 0.251 e. The summed E-state index contributed by atoms with van der Waals surface area (Å²) in [5, 5.41) is 3.04. The van der Waals surface area contributed by atoms with Crippen molar-refractivity contribution < 1.29 is 17.9 Å². The minimum absolute atomic E-state index is 0.0294. The van der Waals surface area contributed by atoms with Crippen LogP contribution < -0.4 is 10.1 Å². The number of amides is 1. The molecule has 0 bridgehead atoms. The van der Waals surface area contributed by atoms with Crippen LogP contribution in [0.1, 0.15) is 53.7 Å². The molecule has 2 aromatic rings. The molecule has 1 amide bonds. The zero-order chi connectivity index (χ0) is 20.9. The number of methoxy groups -OCH3 is 1. The van der Waals surface area contributed by atoms with Gasteiger partial charge in [-0.2, -0.15) is 0 Å². The van der Waals surface area contributed by atoms with Gasteiger partial charge in [-0.15, -0.1) is 0 Å². The monoisotopic (exact) mass is 416 g/mol. The minimum Gasteiger partial charge on any atom is -0.497 e. The fourth-order valence-electron chi connectivity index (χ4n) is 3.52. The van der Waals surface area contributed by atoms with Crippen LogP contribution in [0.5, 0.6) is 5.75 Å². The van der Waals surface area contributed by atoms with E-state index in [0.717, 1.165) is 30.6 Å². The molecule has 1 saturated heterocycles. The van der Waals surface area contributed by atoms with Crippen LogP contribution in [0.15, 0.2) is 48.5 Å². The van der Waals surface area contributed by atoms with Gasteiger partial charge in [0.15, 0.2) is 0 Å². The van der Waals surface area contributed by atoms with E-state index in [4.69, 9.17) is 4.74 Å². The van der Waals surface area contributed by atoms with Gasteiger partial charge in [0.2, 0.25) is 10.0 Å². The van der Waals surface area contributed by atoms with E-state index in [1.807, 2.05) is 31.2 Å². The third-order valence-corrected chi connectivity index (χ3v) is 7.11. The third kappa shape index (κ3) is 5.36. The Morgan fingerprint density at radius 2 is 1.69 bits per heavy atom. The second-order valence-corrected chi connectivity index (χ2v) is 9.24. The lowest BCUT2D eigenvalue weighted by atomic mass is 10.0. The van der Waals surface area contributed by atoms with Gasteiger partial charge in [-0.25, -0.2) is 12.7 Å². The maximum atomic E-state index is 12.7. The van der Waals surface area contributed by atoms with Crippen LogP contribution in [-0.4, -0.2) is 38.8 Å². The molecule has 2 aromatic carbocycles. The number of carbonyl (C=O) groups excluding carboxylic acids is 1. The lowest BCUT2D eigenvalue weighted by Crippen LogP contribution is -2.29. The van der Waals surface area contributed by atoms with Crippen LogP contribution in [0, 0.1) is 0 Å². The van der Waals surface area contributed by atoms with Crippen molar-refractivity contribution >= 4 is 15.9 Å². The Morgan fingerprint density at radius 3 is 2.24 bits per heavy atom. The predicted molar refractivity (Wildman–Crippen MR) is 113 cm³/mol. The van der Waals surface area contributed by atoms with Crippen LogP contribution >= 0.6 is 0 Å². The van der Waals surface area contributed by atoms with E-state index in [1.165, 1.54) is 0 Å². The van der Waals surface area contributed by atoms with Crippen molar-refractivity contribution in [3.63, 3.8) is 0 Å². The van der Waals surface area contributed by atoms with Gasteiger partial charge < -0.3 is 10.1 Å². The Balaban J connectivity index is 1.64. The van der Waals surface area contributed by atoms with E-state index in [-0.39, 0.29) is 17.7 Å². The highest BCUT2D eigenvalue weighted by atomic mass is 32.2. The predicted octanol–water partition coefficient (Wildman–Crippen LogP) is 3.50. The molecule has 1 aliphatic rings. The normalized spacial score (nSPS) is 15.8. The van der Waals surface area contributed by atoms with Gasteiger partial charge in [-0.05, 0) is 54.7 Å². The number of hydrogen-bond donors (Lipinski definition) is 1. The third-order valence-electron chi connectivity index (χ3n) is 5.26. The highest BCUT2D eigenvalue weighted by Crippen LogP contribution is 2.21. The molecule has 0 spiro atoms. The summed E-state index contributed by atoms with van der Waals surface area (Å²) >= 11 is 0. The number of nitrogens with one attached hydrogen (secondary N) is 1. The van der Waals surface area contributed by atoms with E-state index in [0.29, 0.717) is 24.2 Å².